The van der Waals surface area contributed by atoms with Gasteiger partial charge in [0.25, 0.3) is 5.91 Å². The molecule has 4 amide bonds. The van der Waals surface area contributed by atoms with Crippen molar-refractivity contribution in [2.24, 2.45) is 0 Å². The smallest absolute Gasteiger partial charge is 0.325 e. The Morgan fingerprint density at radius 2 is 1.72 bits per heavy atom. The summed E-state index contributed by atoms with van der Waals surface area (Å²) >= 11 is 0. The zero-order valence-corrected chi connectivity index (χ0v) is 20.3. The minimum Gasteiger partial charge on any atom is -0.379 e. The molecule has 2 fully saturated rings. The Morgan fingerprint density at radius 3 is 2.47 bits per heavy atom. The van der Waals surface area contributed by atoms with Gasteiger partial charge in [0.15, 0.2) is 0 Å². The lowest BCUT2D eigenvalue weighted by Crippen LogP contribution is -2.42. The SMILES string of the molecule is CC1(c2ccc3ccccc3c2)NC(=O)N(CC(=O)Nc2ccc(CCN3CCOCC3)cc2)C1=O. The lowest BCUT2D eigenvalue weighted by Gasteiger charge is -2.26. The first-order valence-corrected chi connectivity index (χ1v) is 12.2. The van der Waals surface area contributed by atoms with Crippen molar-refractivity contribution in [2.45, 2.75) is 18.9 Å². The number of ether oxygens (including phenoxy) is 1. The molecule has 3 aromatic carbocycles. The molecule has 36 heavy (non-hydrogen) atoms. The maximum absolute atomic E-state index is 13.3. The number of hydrogen-bond acceptors (Lipinski definition) is 5. The van der Waals surface area contributed by atoms with Crippen LogP contribution in [0.25, 0.3) is 10.8 Å². The number of nitrogens with zero attached hydrogens (tertiary/aromatic N) is 2. The van der Waals surface area contributed by atoms with E-state index in [9.17, 15) is 14.4 Å². The van der Waals surface area contributed by atoms with Gasteiger partial charge < -0.3 is 15.4 Å². The van der Waals surface area contributed by atoms with Crippen molar-refractivity contribution < 1.29 is 19.1 Å². The highest BCUT2D eigenvalue weighted by Gasteiger charge is 2.49. The first-order valence-electron chi connectivity index (χ1n) is 12.2. The van der Waals surface area contributed by atoms with Gasteiger partial charge in [-0.15, -0.1) is 0 Å². The molecule has 3 aromatic rings. The molecular formula is C28H30N4O4. The molecule has 2 N–H and O–H groups in total. The summed E-state index contributed by atoms with van der Waals surface area (Å²) in [5.74, 6) is -0.876. The fourth-order valence-electron chi connectivity index (χ4n) is 4.75. The number of imide groups is 1. The summed E-state index contributed by atoms with van der Waals surface area (Å²) in [5.41, 5.74) is 1.25. The molecule has 2 aliphatic heterocycles. The summed E-state index contributed by atoms with van der Waals surface area (Å²) in [7, 11) is 0. The number of fused-ring (bicyclic) bond motifs is 1. The van der Waals surface area contributed by atoms with E-state index in [1.54, 1.807) is 6.92 Å². The van der Waals surface area contributed by atoms with Gasteiger partial charge >= 0.3 is 6.03 Å². The van der Waals surface area contributed by atoms with Gasteiger partial charge in [-0.3, -0.25) is 19.4 Å². The Balaban J connectivity index is 1.19. The van der Waals surface area contributed by atoms with E-state index < -0.39 is 23.4 Å². The average Bonchev–Trinajstić information content (AvgIpc) is 3.12. The molecule has 2 aliphatic rings. The van der Waals surface area contributed by atoms with Gasteiger partial charge in [0.1, 0.15) is 12.1 Å². The van der Waals surface area contributed by atoms with Gasteiger partial charge in [0.05, 0.1) is 13.2 Å². The maximum Gasteiger partial charge on any atom is 0.325 e. The lowest BCUT2D eigenvalue weighted by molar-refractivity contribution is -0.133. The average molecular weight is 487 g/mol. The van der Waals surface area contributed by atoms with Crippen molar-refractivity contribution in [2.75, 3.05) is 44.7 Å². The monoisotopic (exact) mass is 486 g/mol. The molecule has 0 radical (unpaired) electrons. The van der Waals surface area contributed by atoms with Gasteiger partial charge in [0, 0.05) is 25.3 Å². The van der Waals surface area contributed by atoms with Crippen LogP contribution in [0.3, 0.4) is 0 Å². The van der Waals surface area contributed by atoms with E-state index in [0.717, 1.165) is 54.9 Å². The minimum absolute atomic E-state index is 0.355. The van der Waals surface area contributed by atoms with E-state index in [1.807, 2.05) is 66.7 Å². The van der Waals surface area contributed by atoms with Crippen LogP contribution in [0.5, 0.6) is 0 Å². The third-order valence-corrected chi connectivity index (χ3v) is 6.96. The molecule has 2 heterocycles. The number of anilines is 1. The number of nitrogens with one attached hydrogen (secondary N) is 2. The highest BCUT2D eigenvalue weighted by Crippen LogP contribution is 2.31. The topological polar surface area (TPSA) is 91.0 Å². The van der Waals surface area contributed by atoms with E-state index in [2.05, 4.69) is 15.5 Å². The molecule has 5 rings (SSSR count). The minimum atomic E-state index is -1.23. The molecule has 0 aromatic heterocycles. The number of carbonyl (C=O) groups excluding carboxylic acids is 3. The maximum atomic E-state index is 13.3. The third-order valence-electron chi connectivity index (χ3n) is 6.96. The molecule has 8 heteroatoms. The van der Waals surface area contributed by atoms with Crippen molar-refractivity contribution in [3.05, 3.63) is 77.9 Å². The number of carbonyl (C=O) groups is 3. The summed E-state index contributed by atoms with van der Waals surface area (Å²) in [6.45, 7) is 5.76. The molecule has 186 valence electrons. The Labute approximate surface area is 210 Å². The fourth-order valence-corrected chi connectivity index (χ4v) is 4.75. The predicted octanol–water partition coefficient (Wildman–Crippen LogP) is 3.12. The van der Waals surface area contributed by atoms with Gasteiger partial charge in [-0.05, 0) is 53.4 Å². The molecule has 0 aliphatic carbocycles. The summed E-state index contributed by atoms with van der Waals surface area (Å²) < 4.78 is 5.38. The van der Waals surface area contributed by atoms with Crippen LogP contribution in [0.2, 0.25) is 0 Å². The van der Waals surface area contributed by atoms with Gasteiger partial charge in [-0.2, -0.15) is 0 Å². The van der Waals surface area contributed by atoms with Crippen LogP contribution in [-0.4, -0.2) is 67.0 Å². The predicted molar refractivity (Wildman–Crippen MR) is 138 cm³/mol. The molecule has 0 bridgehead atoms. The normalized spacial score (nSPS) is 20.5. The number of amides is 4. The van der Waals surface area contributed by atoms with E-state index in [1.165, 1.54) is 5.56 Å². The molecular weight excluding hydrogens is 456 g/mol. The molecule has 1 atom stereocenters. The van der Waals surface area contributed by atoms with E-state index in [0.29, 0.717) is 11.3 Å². The summed E-state index contributed by atoms with van der Waals surface area (Å²) in [6, 6.07) is 20.6. The first kappa shape index (κ1) is 24.0. The zero-order valence-electron chi connectivity index (χ0n) is 20.3. The highest BCUT2D eigenvalue weighted by atomic mass is 16.5. The molecule has 0 spiro atoms. The highest BCUT2D eigenvalue weighted by molar-refractivity contribution is 6.10. The summed E-state index contributed by atoms with van der Waals surface area (Å²) in [4.78, 5) is 42.0. The Bertz CT molecular complexity index is 1290. The molecule has 1 unspecified atom stereocenters. The van der Waals surface area contributed by atoms with Crippen molar-refractivity contribution in [1.82, 2.24) is 15.1 Å². The van der Waals surface area contributed by atoms with Crippen LogP contribution >= 0.6 is 0 Å². The third kappa shape index (κ3) is 4.96. The van der Waals surface area contributed by atoms with Gasteiger partial charge in [0.2, 0.25) is 5.91 Å². The Hall–Kier alpha value is -3.75. The largest absolute Gasteiger partial charge is 0.379 e. The Kier molecular flexibility index (Phi) is 6.71. The van der Waals surface area contributed by atoms with Crippen LogP contribution in [0.1, 0.15) is 18.1 Å². The van der Waals surface area contributed by atoms with Gasteiger partial charge in [-0.1, -0.05) is 48.5 Å². The number of rotatable bonds is 7. The second-order valence-electron chi connectivity index (χ2n) is 9.46. The molecule has 8 nitrogen and oxygen atoms in total. The standard InChI is InChI=1S/C28H30N4O4/c1-28(23-9-8-21-4-2-3-5-22(21)18-23)26(34)32(27(35)30-28)19-25(33)29-24-10-6-20(7-11-24)12-13-31-14-16-36-17-15-31/h2-11,18H,12-17,19H2,1H3,(H,29,33)(H,30,35). The van der Waals surface area contributed by atoms with Crippen LogP contribution in [0.4, 0.5) is 10.5 Å². The molecule has 2 saturated heterocycles. The second kappa shape index (κ2) is 10.1. The lowest BCUT2D eigenvalue weighted by atomic mass is 9.90. The number of benzene rings is 3. The van der Waals surface area contributed by atoms with Crippen molar-refractivity contribution in [1.29, 1.82) is 0 Å². The van der Waals surface area contributed by atoms with Crippen LogP contribution in [-0.2, 0) is 26.3 Å². The van der Waals surface area contributed by atoms with E-state index in [4.69, 9.17) is 4.74 Å². The Morgan fingerprint density at radius 1 is 1.00 bits per heavy atom. The van der Waals surface area contributed by atoms with E-state index >= 15 is 0 Å². The van der Waals surface area contributed by atoms with E-state index in [-0.39, 0.29) is 6.54 Å². The number of morpholine rings is 1. The number of hydrogen-bond donors (Lipinski definition) is 2. The summed E-state index contributed by atoms with van der Waals surface area (Å²) in [6.07, 6.45) is 0.921. The molecule has 0 saturated carbocycles. The first-order chi connectivity index (χ1) is 17.4. The van der Waals surface area contributed by atoms with Crippen LogP contribution in [0, 0.1) is 0 Å². The van der Waals surface area contributed by atoms with Crippen LogP contribution in [0.15, 0.2) is 66.7 Å². The number of urea groups is 1. The van der Waals surface area contributed by atoms with Crippen LogP contribution < -0.4 is 10.6 Å². The second-order valence-corrected chi connectivity index (χ2v) is 9.46. The van der Waals surface area contributed by atoms with Crippen molar-refractivity contribution in [3.8, 4) is 0 Å². The summed E-state index contributed by atoms with van der Waals surface area (Å²) in [5, 5.41) is 7.59. The zero-order chi connectivity index (χ0) is 25.1. The van der Waals surface area contributed by atoms with Gasteiger partial charge in [-0.25, -0.2) is 4.79 Å². The van der Waals surface area contributed by atoms with Crippen molar-refractivity contribution >= 4 is 34.3 Å². The van der Waals surface area contributed by atoms with Crippen molar-refractivity contribution in [3.63, 3.8) is 0 Å². The quantitative estimate of drug-likeness (QED) is 0.501. The fraction of sp³-hybridized carbons (Fsp3) is 0.321.